The molecule has 0 aromatic heterocycles. The Morgan fingerprint density at radius 1 is 1.02 bits per heavy atom. The van der Waals surface area contributed by atoms with Gasteiger partial charge in [-0.2, -0.15) is 0 Å². The Hall–Kier alpha value is -3.70. The van der Waals surface area contributed by atoms with E-state index in [4.69, 9.17) is 14.2 Å². The fourth-order valence-corrected chi connectivity index (χ4v) is 6.91. The first kappa shape index (κ1) is 32.7. The Labute approximate surface area is 266 Å². The van der Waals surface area contributed by atoms with E-state index in [1.165, 1.54) is 12.0 Å². The average molecular weight is 636 g/mol. The van der Waals surface area contributed by atoms with Gasteiger partial charge in [-0.25, -0.2) is 4.79 Å². The van der Waals surface area contributed by atoms with Gasteiger partial charge in [0, 0.05) is 25.9 Å². The highest BCUT2D eigenvalue weighted by molar-refractivity contribution is 6.76. The molecular formula is C34H45N3O7Si. The second-order valence-electron chi connectivity index (χ2n) is 13.9. The van der Waals surface area contributed by atoms with Crippen molar-refractivity contribution in [1.29, 1.82) is 0 Å². The molecule has 1 heterocycles. The standard InChI is InChI=1S/C34H45N3O7Si/c1-34(32(40)42-2)26-16-15-25(19-27(26)37(31(34)39)21-43-17-18-45(3,4)5)35-30(38)29(28(23-11-12-23)24-13-14-24)36-33(41)44-20-22-9-7-6-8-10-22/h6-10,15-16,19,23-24,28-29H,11-14,17-18,20-21H2,1-5H3,(H,35,38)(H,36,41)/t29-,34-/m0/s1. The number of fused-ring (bicyclic) bond motifs is 1. The Kier molecular flexibility index (Phi) is 9.69. The van der Waals surface area contributed by atoms with E-state index >= 15 is 0 Å². The number of alkyl carbamates (subject to hydrolysis) is 1. The van der Waals surface area contributed by atoms with Gasteiger partial charge in [-0.3, -0.25) is 19.3 Å². The first-order valence-electron chi connectivity index (χ1n) is 15.8. The summed E-state index contributed by atoms with van der Waals surface area (Å²) < 4.78 is 16.4. The molecule has 10 nitrogen and oxygen atoms in total. The van der Waals surface area contributed by atoms with Crippen molar-refractivity contribution >= 4 is 43.3 Å². The number of hydrogen-bond acceptors (Lipinski definition) is 7. The normalized spacial score (nSPS) is 20.0. The van der Waals surface area contributed by atoms with Crippen LogP contribution >= 0.6 is 0 Å². The third kappa shape index (κ3) is 7.58. The largest absolute Gasteiger partial charge is 0.468 e. The molecule has 2 aromatic rings. The molecule has 0 radical (unpaired) electrons. The average Bonchev–Trinajstić information content (AvgIpc) is 3.95. The van der Waals surface area contributed by atoms with Crippen molar-refractivity contribution in [1.82, 2.24) is 5.32 Å². The van der Waals surface area contributed by atoms with Gasteiger partial charge in [-0.1, -0.05) is 56.0 Å². The number of methoxy groups -OCH3 is 1. The maximum Gasteiger partial charge on any atom is 0.408 e. The summed E-state index contributed by atoms with van der Waals surface area (Å²) in [5.41, 5.74) is 0.730. The molecule has 242 valence electrons. The van der Waals surface area contributed by atoms with E-state index in [0.717, 1.165) is 37.3 Å². The predicted molar refractivity (Wildman–Crippen MR) is 173 cm³/mol. The number of nitrogens with zero attached hydrogens (tertiary/aromatic N) is 1. The fourth-order valence-electron chi connectivity index (χ4n) is 6.15. The van der Waals surface area contributed by atoms with Crippen LogP contribution in [0.25, 0.3) is 0 Å². The summed E-state index contributed by atoms with van der Waals surface area (Å²) in [5.74, 6) is -0.665. The molecule has 2 fully saturated rings. The predicted octanol–water partition coefficient (Wildman–Crippen LogP) is 5.45. The van der Waals surface area contributed by atoms with E-state index in [9.17, 15) is 19.2 Å². The number of anilines is 2. The van der Waals surface area contributed by atoms with Crippen LogP contribution in [0, 0.1) is 17.8 Å². The van der Waals surface area contributed by atoms with Gasteiger partial charge in [0.2, 0.25) is 5.91 Å². The molecule has 3 amide bonds. The minimum absolute atomic E-state index is 0.0177. The summed E-state index contributed by atoms with van der Waals surface area (Å²) in [5, 5.41) is 5.88. The summed E-state index contributed by atoms with van der Waals surface area (Å²) in [7, 11) is -0.0929. The zero-order valence-corrected chi connectivity index (χ0v) is 27.9. The Bertz CT molecular complexity index is 1410. The highest BCUT2D eigenvalue weighted by atomic mass is 28.3. The van der Waals surface area contributed by atoms with Crippen LogP contribution in [0.15, 0.2) is 48.5 Å². The van der Waals surface area contributed by atoms with Crippen molar-refractivity contribution < 1.29 is 33.4 Å². The monoisotopic (exact) mass is 635 g/mol. The summed E-state index contributed by atoms with van der Waals surface area (Å²) in [6.07, 6.45) is 3.49. The van der Waals surface area contributed by atoms with Crippen molar-refractivity contribution in [2.45, 2.75) is 76.4 Å². The summed E-state index contributed by atoms with van der Waals surface area (Å²) in [6.45, 7) is 8.87. The smallest absolute Gasteiger partial charge is 0.408 e. The van der Waals surface area contributed by atoms with E-state index in [0.29, 0.717) is 35.4 Å². The molecule has 2 atom stereocenters. The van der Waals surface area contributed by atoms with E-state index in [1.54, 1.807) is 25.1 Å². The summed E-state index contributed by atoms with van der Waals surface area (Å²) >= 11 is 0. The number of rotatable bonds is 14. The second kappa shape index (κ2) is 13.3. The highest BCUT2D eigenvalue weighted by Crippen LogP contribution is 2.51. The van der Waals surface area contributed by atoms with Crippen molar-refractivity contribution in [3.8, 4) is 0 Å². The zero-order valence-electron chi connectivity index (χ0n) is 26.9. The van der Waals surface area contributed by atoms with Crippen LogP contribution in [0.1, 0.15) is 43.7 Å². The van der Waals surface area contributed by atoms with Gasteiger partial charge in [-0.05, 0) is 74.1 Å². The third-order valence-electron chi connectivity index (χ3n) is 9.06. The Morgan fingerprint density at radius 3 is 2.29 bits per heavy atom. The van der Waals surface area contributed by atoms with Gasteiger partial charge in [0.25, 0.3) is 5.91 Å². The highest BCUT2D eigenvalue weighted by Gasteiger charge is 2.54. The van der Waals surface area contributed by atoms with Crippen molar-refractivity contribution in [2.24, 2.45) is 17.8 Å². The number of amides is 3. The van der Waals surface area contributed by atoms with Crippen LogP contribution in [0.2, 0.25) is 25.7 Å². The molecule has 2 aromatic carbocycles. The number of carbonyl (C=O) groups excluding carboxylic acids is 4. The van der Waals surface area contributed by atoms with Crippen LogP contribution in [0.5, 0.6) is 0 Å². The van der Waals surface area contributed by atoms with Crippen molar-refractivity contribution in [3.05, 3.63) is 59.7 Å². The van der Waals surface area contributed by atoms with Crippen LogP contribution in [0.4, 0.5) is 16.2 Å². The Balaban J connectivity index is 1.35. The van der Waals surface area contributed by atoms with Gasteiger partial charge >= 0.3 is 12.1 Å². The van der Waals surface area contributed by atoms with Crippen LogP contribution < -0.4 is 15.5 Å². The van der Waals surface area contributed by atoms with E-state index in [1.807, 2.05) is 30.3 Å². The molecule has 0 spiro atoms. The molecule has 45 heavy (non-hydrogen) atoms. The lowest BCUT2D eigenvalue weighted by Gasteiger charge is -2.27. The maximum absolute atomic E-state index is 13.9. The first-order chi connectivity index (χ1) is 21.4. The first-order valence-corrected chi connectivity index (χ1v) is 19.5. The molecule has 2 aliphatic carbocycles. The van der Waals surface area contributed by atoms with Gasteiger partial charge in [-0.15, -0.1) is 0 Å². The number of carbonyl (C=O) groups is 4. The van der Waals surface area contributed by atoms with Crippen LogP contribution in [-0.2, 0) is 40.6 Å². The Morgan fingerprint density at radius 2 is 1.69 bits per heavy atom. The third-order valence-corrected chi connectivity index (χ3v) is 10.8. The molecule has 0 unspecified atom stereocenters. The van der Waals surface area contributed by atoms with E-state index in [-0.39, 0.29) is 25.2 Å². The maximum atomic E-state index is 13.9. The number of benzene rings is 2. The molecule has 5 rings (SSSR count). The van der Waals surface area contributed by atoms with Gasteiger partial charge < -0.3 is 24.8 Å². The van der Waals surface area contributed by atoms with Crippen LogP contribution in [0.3, 0.4) is 0 Å². The van der Waals surface area contributed by atoms with Crippen molar-refractivity contribution in [2.75, 3.05) is 30.7 Å². The molecule has 11 heteroatoms. The number of ether oxygens (including phenoxy) is 3. The lowest BCUT2D eigenvalue weighted by atomic mass is 9.83. The van der Waals surface area contributed by atoms with Crippen molar-refractivity contribution in [3.63, 3.8) is 0 Å². The second-order valence-corrected chi connectivity index (χ2v) is 19.5. The molecule has 3 aliphatic rings. The molecule has 2 N–H and O–H groups in total. The molecule has 2 saturated carbocycles. The number of esters is 1. The van der Waals surface area contributed by atoms with Gasteiger partial charge in [0.15, 0.2) is 5.41 Å². The molecule has 0 bridgehead atoms. The summed E-state index contributed by atoms with van der Waals surface area (Å²) in [6, 6.07) is 14.6. The number of hydrogen-bond donors (Lipinski definition) is 2. The van der Waals surface area contributed by atoms with E-state index < -0.39 is 37.5 Å². The van der Waals surface area contributed by atoms with Gasteiger partial charge in [0.1, 0.15) is 19.4 Å². The van der Waals surface area contributed by atoms with E-state index in [2.05, 4.69) is 30.3 Å². The summed E-state index contributed by atoms with van der Waals surface area (Å²) in [4.78, 5) is 54.9. The molecule has 1 aliphatic heterocycles. The molecular weight excluding hydrogens is 590 g/mol. The topological polar surface area (TPSA) is 123 Å². The number of nitrogens with one attached hydrogen (secondary N) is 2. The quantitative estimate of drug-likeness (QED) is 0.123. The molecule has 0 saturated heterocycles. The minimum atomic E-state index is -1.54. The lowest BCUT2D eigenvalue weighted by Crippen LogP contribution is -2.50. The zero-order chi connectivity index (χ0) is 32.4. The SMILES string of the molecule is COC(=O)[C@]1(C)C(=O)N(COCC[Si](C)(C)C)c2cc(NC(=O)[C@@H](NC(=O)OCc3ccccc3)C(C3CC3)C3CC3)ccc21. The fraction of sp³-hybridized carbons (Fsp3) is 0.529. The van der Waals surface area contributed by atoms with Crippen LogP contribution in [-0.4, -0.2) is 58.4 Å². The minimum Gasteiger partial charge on any atom is -0.468 e. The van der Waals surface area contributed by atoms with Gasteiger partial charge in [0.05, 0.1) is 12.8 Å². The lowest BCUT2D eigenvalue weighted by molar-refractivity contribution is -0.150.